The van der Waals surface area contributed by atoms with Crippen LogP contribution in [0.2, 0.25) is 0 Å². The fourth-order valence-electron chi connectivity index (χ4n) is 3.01. The van der Waals surface area contributed by atoms with Gasteiger partial charge < -0.3 is 14.6 Å². The Morgan fingerprint density at radius 1 is 1.15 bits per heavy atom. The molecule has 0 amide bonds. The van der Waals surface area contributed by atoms with E-state index in [-0.39, 0.29) is 5.37 Å². The van der Waals surface area contributed by atoms with Crippen LogP contribution < -0.4 is 14.8 Å². The molecule has 0 bridgehead atoms. The van der Waals surface area contributed by atoms with E-state index in [9.17, 15) is 4.79 Å². The average molecular weight is 388 g/mol. The minimum Gasteiger partial charge on any atom is -0.490 e. The van der Waals surface area contributed by atoms with Gasteiger partial charge in [-0.2, -0.15) is 0 Å². The zero-order valence-corrected chi connectivity index (χ0v) is 16.6. The Labute approximate surface area is 164 Å². The Kier molecular flexibility index (Phi) is 6.29. The van der Waals surface area contributed by atoms with Crippen LogP contribution in [0, 0.1) is 20.8 Å². The van der Waals surface area contributed by atoms with Crippen LogP contribution in [0.1, 0.15) is 27.6 Å². The summed E-state index contributed by atoms with van der Waals surface area (Å²) in [6, 6.07) is 11.5. The van der Waals surface area contributed by atoms with Crippen molar-refractivity contribution in [2.24, 2.45) is 0 Å². The van der Waals surface area contributed by atoms with Gasteiger partial charge >= 0.3 is 5.97 Å². The summed E-state index contributed by atoms with van der Waals surface area (Å²) in [5.41, 5.74) is 4.63. The largest absolute Gasteiger partial charge is 0.490 e. The number of carboxylic acid groups (broad SMARTS) is 1. The molecule has 1 fully saturated rings. The summed E-state index contributed by atoms with van der Waals surface area (Å²) in [4.78, 5) is 11.0. The molecule has 3 rings (SSSR count). The molecule has 0 spiro atoms. The van der Waals surface area contributed by atoms with Crippen LogP contribution in [0.3, 0.4) is 0 Å². The summed E-state index contributed by atoms with van der Waals surface area (Å²) in [5.74, 6) is 1.46. The van der Waals surface area contributed by atoms with Gasteiger partial charge in [-0.25, -0.2) is 0 Å². The van der Waals surface area contributed by atoms with Crippen molar-refractivity contribution in [3.63, 3.8) is 0 Å². The Balaban J connectivity index is 1.48. The van der Waals surface area contributed by atoms with Crippen LogP contribution in [0.15, 0.2) is 36.4 Å². The van der Waals surface area contributed by atoms with Crippen molar-refractivity contribution in [3.05, 3.63) is 58.7 Å². The first-order valence-electron chi connectivity index (χ1n) is 8.98. The van der Waals surface area contributed by atoms with Crippen LogP contribution in [0.5, 0.6) is 11.5 Å². The number of benzene rings is 2. The zero-order valence-electron chi connectivity index (χ0n) is 15.8. The van der Waals surface area contributed by atoms with Crippen LogP contribution in [-0.2, 0) is 4.79 Å². The Morgan fingerprint density at radius 3 is 2.52 bits per heavy atom. The topological polar surface area (TPSA) is 67.8 Å². The van der Waals surface area contributed by atoms with Gasteiger partial charge in [0.05, 0.1) is 5.37 Å². The number of aryl methyl sites for hydroxylation is 2. The van der Waals surface area contributed by atoms with Gasteiger partial charge in [-0.15, -0.1) is 11.8 Å². The third-order valence-corrected chi connectivity index (χ3v) is 5.90. The SMILES string of the molecule is Cc1cc(C)c(C)c(OCCOc2ccc(C3NC(C(=O)O)CS3)cc2)c1. The monoisotopic (exact) mass is 387 g/mol. The third kappa shape index (κ3) is 4.96. The molecule has 6 heteroatoms. The average Bonchev–Trinajstić information content (AvgIpc) is 3.13. The summed E-state index contributed by atoms with van der Waals surface area (Å²) in [6.45, 7) is 7.15. The normalized spacial score (nSPS) is 19.1. The third-order valence-electron chi connectivity index (χ3n) is 4.64. The predicted molar refractivity (Wildman–Crippen MR) is 108 cm³/mol. The fourth-order valence-corrected chi connectivity index (χ4v) is 4.24. The lowest BCUT2D eigenvalue weighted by Crippen LogP contribution is -2.33. The summed E-state index contributed by atoms with van der Waals surface area (Å²) < 4.78 is 11.6. The summed E-state index contributed by atoms with van der Waals surface area (Å²) in [6.07, 6.45) is 0. The summed E-state index contributed by atoms with van der Waals surface area (Å²) >= 11 is 1.61. The second-order valence-corrected chi connectivity index (χ2v) is 7.88. The molecule has 2 aromatic carbocycles. The van der Waals surface area contributed by atoms with Crippen molar-refractivity contribution < 1.29 is 19.4 Å². The van der Waals surface area contributed by atoms with Crippen LogP contribution in [0.25, 0.3) is 0 Å². The second-order valence-electron chi connectivity index (χ2n) is 6.74. The standard InChI is InChI=1S/C21H25NO4S/c1-13-10-14(2)15(3)19(11-13)26-9-8-25-17-6-4-16(5-7-17)20-22-18(12-27-20)21(23)24/h4-7,10-11,18,20,22H,8-9,12H2,1-3H3,(H,23,24). The molecule has 1 aliphatic rings. The maximum atomic E-state index is 11.0. The van der Waals surface area contributed by atoms with E-state index < -0.39 is 12.0 Å². The number of carboxylic acids is 1. The molecular weight excluding hydrogens is 362 g/mol. The molecule has 0 aliphatic carbocycles. The lowest BCUT2D eigenvalue weighted by atomic mass is 10.1. The predicted octanol–water partition coefficient (Wildman–Crippen LogP) is 3.86. The minimum absolute atomic E-state index is 0.0102. The molecule has 0 saturated carbocycles. The quantitative estimate of drug-likeness (QED) is 0.703. The highest BCUT2D eigenvalue weighted by Gasteiger charge is 2.30. The van der Waals surface area contributed by atoms with E-state index in [0.717, 1.165) is 22.6 Å². The number of thioether (sulfide) groups is 1. The van der Waals surface area contributed by atoms with E-state index in [1.807, 2.05) is 30.3 Å². The summed E-state index contributed by atoms with van der Waals surface area (Å²) in [5, 5.41) is 12.2. The molecular formula is C21H25NO4S. The number of hydrogen-bond donors (Lipinski definition) is 2. The molecule has 27 heavy (non-hydrogen) atoms. The van der Waals surface area contributed by atoms with E-state index >= 15 is 0 Å². The highest BCUT2D eigenvalue weighted by molar-refractivity contribution is 7.99. The van der Waals surface area contributed by atoms with Gasteiger partial charge in [-0.1, -0.05) is 18.2 Å². The number of ether oxygens (including phenoxy) is 2. The van der Waals surface area contributed by atoms with E-state index in [1.165, 1.54) is 11.1 Å². The first-order chi connectivity index (χ1) is 12.9. The molecule has 2 aromatic rings. The Morgan fingerprint density at radius 2 is 1.85 bits per heavy atom. The first kappa shape index (κ1) is 19.6. The van der Waals surface area contributed by atoms with Gasteiger partial charge in [-0.3, -0.25) is 10.1 Å². The minimum atomic E-state index is -0.802. The maximum absolute atomic E-state index is 11.0. The fraction of sp³-hybridized carbons (Fsp3) is 0.381. The van der Waals surface area contributed by atoms with Gasteiger partial charge in [0.15, 0.2) is 0 Å². The van der Waals surface area contributed by atoms with E-state index in [1.54, 1.807) is 11.8 Å². The van der Waals surface area contributed by atoms with Crippen LogP contribution >= 0.6 is 11.8 Å². The molecule has 2 atom stereocenters. The Hall–Kier alpha value is -2.18. The molecule has 1 saturated heterocycles. The van der Waals surface area contributed by atoms with E-state index in [4.69, 9.17) is 14.6 Å². The second kappa shape index (κ2) is 8.67. The van der Waals surface area contributed by atoms with Gasteiger partial charge in [0.25, 0.3) is 0 Å². The van der Waals surface area contributed by atoms with E-state index in [0.29, 0.717) is 19.0 Å². The Bertz CT molecular complexity index is 807. The number of rotatable bonds is 7. The smallest absolute Gasteiger partial charge is 0.321 e. The lowest BCUT2D eigenvalue weighted by Gasteiger charge is -2.14. The lowest BCUT2D eigenvalue weighted by molar-refractivity contribution is -0.138. The number of nitrogens with one attached hydrogen (secondary N) is 1. The molecule has 1 aliphatic heterocycles. The van der Waals surface area contributed by atoms with Crippen LogP contribution in [0.4, 0.5) is 0 Å². The highest BCUT2D eigenvalue weighted by Crippen LogP contribution is 2.33. The number of carbonyl (C=O) groups is 1. The molecule has 0 aromatic heterocycles. The molecule has 1 heterocycles. The molecule has 5 nitrogen and oxygen atoms in total. The summed E-state index contributed by atoms with van der Waals surface area (Å²) in [7, 11) is 0. The van der Waals surface area contributed by atoms with Gasteiger partial charge in [0.2, 0.25) is 0 Å². The number of hydrogen-bond acceptors (Lipinski definition) is 5. The number of aliphatic carboxylic acids is 1. The van der Waals surface area contributed by atoms with Crippen molar-refractivity contribution >= 4 is 17.7 Å². The van der Waals surface area contributed by atoms with Crippen molar-refractivity contribution in [3.8, 4) is 11.5 Å². The van der Waals surface area contributed by atoms with Gasteiger partial charge in [0, 0.05) is 5.75 Å². The van der Waals surface area contributed by atoms with E-state index in [2.05, 4.69) is 32.2 Å². The van der Waals surface area contributed by atoms with Crippen molar-refractivity contribution in [2.75, 3.05) is 19.0 Å². The zero-order chi connectivity index (χ0) is 19.4. The van der Waals surface area contributed by atoms with Crippen LogP contribution in [-0.4, -0.2) is 36.1 Å². The molecule has 2 N–H and O–H groups in total. The first-order valence-corrected chi connectivity index (χ1v) is 10.0. The molecule has 2 unspecified atom stereocenters. The molecule has 144 valence electrons. The van der Waals surface area contributed by atoms with Crippen molar-refractivity contribution in [1.29, 1.82) is 0 Å². The van der Waals surface area contributed by atoms with Crippen molar-refractivity contribution in [2.45, 2.75) is 32.2 Å². The highest BCUT2D eigenvalue weighted by atomic mass is 32.2. The molecule has 0 radical (unpaired) electrons. The van der Waals surface area contributed by atoms with Crippen molar-refractivity contribution in [1.82, 2.24) is 5.32 Å². The maximum Gasteiger partial charge on any atom is 0.321 e. The van der Waals surface area contributed by atoms with Gasteiger partial charge in [0.1, 0.15) is 30.8 Å². The van der Waals surface area contributed by atoms with Gasteiger partial charge in [-0.05, 0) is 61.2 Å².